The Morgan fingerprint density at radius 2 is 2.29 bits per heavy atom. The third-order valence-corrected chi connectivity index (χ3v) is 3.93. The lowest BCUT2D eigenvalue weighted by atomic mass is 10.1. The van der Waals surface area contributed by atoms with E-state index in [9.17, 15) is 4.79 Å². The number of anilines is 1. The van der Waals surface area contributed by atoms with Gasteiger partial charge in [0, 0.05) is 17.2 Å². The van der Waals surface area contributed by atoms with Crippen LogP contribution >= 0.6 is 11.6 Å². The van der Waals surface area contributed by atoms with Gasteiger partial charge in [0.2, 0.25) is 0 Å². The molecule has 0 saturated heterocycles. The lowest BCUT2D eigenvalue weighted by Gasteiger charge is -2.06. The van der Waals surface area contributed by atoms with Gasteiger partial charge in [-0.25, -0.2) is 0 Å². The Bertz CT molecular complexity index is 756. The molecule has 0 unspecified atom stereocenters. The van der Waals surface area contributed by atoms with Gasteiger partial charge in [-0.2, -0.15) is 10.4 Å². The maximum Gasteiger partial charge on any atom is 0.258 e. The zero-order valence-electron chi connectivity index (χ0n) is 11.4. The Hall–Kier alpha value is -2.32. The summed E-state index contributed by atoms with van der Waals surface area (Å²) >= 11 is 6.02. The summed E-state index contributed by atoms with van der Waals surface area (Å²) in [5.74, 6) is 0.683. The molecule has 106 valence electrons. The van der Waals surface area contributed by atoms with E-state index in [1.807, 2.05) is 13.0 Å². The van der Waals surface area contributed by atoms with E-state index in [0.29, 0.717) is 22.3 Å². The van der Waals surface area contributed by atoms with Gasteiger partial charge >= 0.3 is 0 Å². The van der Waals surface area contributed by atoms with Crippen molar-refractivity contribution in [1.82, 2.24) is 10.2 Å². The van der Waals surface area contributed by atoms with E-state index < -0.39 is 0 Å². The maximum absolute atomic E-state index is 12.3. The molecule has 1 aliphatic carbocycles. The Balaban J connectivity index is 1.85. The number of nitrogens with one attached hydrogen (secondary N) is 2. The van der Waals surface area contributed by atoms with Gasteiger partial charge in [0.1, 0.15) is 0 Å². The molecule has 1 saturated carbocycles. The summed E-state index contributed by atoms with van der Waals surface area (Å²) in [6.45, 7) is 1.93. The van der Waals surface area contributed by atoms with Gasteiger partial charge in [0.05, 0.1) is 22.2 Å². The smallest absolute Gasteiger partial charge is 0.258 e. The third kappa shape index (κ3) is 2.63. The number of halogens is 1. The third-order valence-electron chi connectivity index (χ3n) is 3.60. The second-order valence-corrected chi connectivity index (χ2v) is 5.55. The fourth-order valence-electron chi connectivity index (χ4n) is 2.25. The number of hydrogen-bond acceptors (Lipinski definition) is 3. The van der Waals surface area contributed by atoms with Crippen LogP contribution in [-0.2, 0) is 0 Å². The number of nitriles is 1. The number of carbonyl (C=O) groups is 1. The van der Waals surface area contributed by atoms with Crippen LogP contribution < -0.4 is 5.32 Å². The van der Waals surface area contributed by atoms with Crippen molar-refractivity contribution < 1.29 is 4.79 Å². The molecular weight excluding hydrogens is 288 g/mol. The predicted octanol–water partition coefficient (Wildman–Crippen LogP) is 3.37. The summed E-state index contributed by atoms with van der Waals surface area (Å²) in [4.78, 5) is 12.3. The normalized spacial score (nSPS) is 13.8. The van der Waals surface area contributed by atoms with Crippen LogP contribution in [0, 0.1) is 18.3 Å². The first-order chi connectivity index (χ1) is 10.1. The van der Waals surface area contributed by atoms with E-state index >= 15 is 0 Å². The lowest BCUT2D eigenvalue weighted by Crippen LogP contribution is -2.13. The number of carbonyl (C=O) groups excluding carboxylic acids is 1. The molecular formula is C15H13ClN4O. The minimum Gasteiger partial charge on any atom is -0.305 e. The molecule has 1 fully saturated rings. The van der Waals surface area contributed by atoms with Crippen LogP contribution in [-0.4, -0.2) is 16.1 Å². The number of nitrogens with zero attached hydrogens (tertiary/aromatic N) is 2. The molecule has 6 heteroatoms. The molecule has 0 aliphatic heterocycles. The Labute approximate surface area is 126 Å². The van der Waals surface area contributed by atoms with E-state index in [-0.39, 0.29) is 11.5 Å². The Morgan fingerprint density at radius 1 is 1.52 bits per heavy atom. The highest BCUT2D eigenvalue weighted by Gasteiger charge is 2.28. The number of benzene rings is 1. The van der Waals surface area contributed by atoms with Gasteiger partial charge in [-0.3, -0.25) is 9.89 Å². The summed E-state index contributed by atoms with van der Waals surface area (Å²) in [5.41, 5.74) is 2.70. The zero-order valence-corrected chi connectivity index (χ0v) is 12.2. The highest BCUT2D eigenvalue weighted by Crippen LogP contribution is 2.41. The average molecular weight is 301 g/mol. The van der Waals surface area contributed by atoms with Crippen molar-refractivity contribution in [3.8, 4) is 6.07 Å². The average Bonchev–Trinajstić information content (AvgIpc) is 3.25. The molecule has 1 heterocycles. The van der Waals surface area contributed by atoms with Gasteiger partial charge in [-0.15, -0.1) is 0 Å². The summed E-state index contributed by atoms with van der Waals surface area (Å²) < 4.78 is 0. The molecule has 1 aliphatic rings. The summed E-state index contributed by atoms with van der Waals surface area (Å²) in [5, 5.41) is 19.1. The number of rotatable bonds is 3. The van der Waals surface area contributed by atoms with E-state index in [1.54, 1.807) is 12.1 Å². The number of H-pyrrole nitrogens is 1. The molecule has 21 heavy (non-hydrogen) atoms. The maximum atomic E-state index is 12.3. The van der Waals surface area contributed by atoms with Crippen molar-refractivity contribution in [2.24, 2.45) is 0 Å². The SMILES string of the molecule is Cc1c(NC(=O)c2cc(C#N)ccc2Cl)n[nH]c1C1CC1. The molecule has 0 radical (unpaired) electrons. The zero-order chi connectivity index (χ0) is 15.0. The minimum absolute atomic E-state index is 0.270. The summed E-state index contributed by atoms with van der Waals surface area (Å²) in [6.07, 6.45) is 2.32. The number of hydrogen-bond donors (Lipinski definition) is 2. The molecule has 0 bridgehead atoms. The van der Waals surface area contributed by atoms with E-state index in [1.165, 1.54) is 6.07 Å². The van der Waals surface area contributed by atoms with Crippen LogP contribution in [0.3, 0.4) is 0 Å². The van der Waals surface area contributed by atoms with Gasteiger partial charge < -0.3 is 5.32 Å². The monoisotopic (exact) mass is 300 g/mol. The van der Waals surface area contributed by atoms with Crippen molar-refractivity contribution in [2.45, 2.75) is 25.7 Å². The fraction of sp³-hybridized carbons (Fsp3) is 0.267. The highest BCUT2D eigenvalue weighted by atomic mass is 35.5. The largest absolute Gasteiger partial charge is 0.305 e. The molecule has 1 amide bonds. The molecule has 0 spiro atoms. The van der Waals surface area contributed by atoms with Crippen molar-refractivity contribution >= 4 is 23.3 Å². The van der Waals surface area contributed by atoms with Gasteiger partial charge in [0.15, 0.2) is 5.82 Å². The second kappa shape index (κ2) is 5.23. The summed E-state index contributed by atoms with van der Waals surface area (Å²) in [6, 6.07) is 6.58. The Kier molecular flexibility index (Phi) is 3.40. The van der Waals surface area contributed by atoms with Crippen molar-refractivity contribution in [2.75, 3.05) is 5.32 Å². The van der Waals surface area contributed by atoms with Crippen molar-refractivity contribution in [3.63, 3.8) is 0 Å². The quantitative estimate of drug-likeness (QED) is 0.911. The first kappa shape index (κ1) is 13.7. The first-order valence-corrected chi connectivity index (χ1v) is 7.04. The van der Waals surface area contributed by atoms with Crippen molar-refractivity contribution in [3.05, 3.63) is 45.6 Å². The van der Waals surface area contributed by atoms with E-state index in [2.05, 4.69) is 15.5 Å². The second-order valence-electron chi connectivity index (χ2n) is 5.15. The van der Waals surface area contributed by atoms with Crippen LogP contribution in [0.4, 0.5) is 5.82 Å². The molecule has 2 N–H and O–H groups in total. The topological polar surface area (TPSA) is 81.6 Å². The van der Waals surface area contributed by atoms with E-state index in [0.717, 1.165) is 24.1 Å². The fourth-order valence-corrected chi connectivity index (χ4v) is 2.45. The number of aromatic amines is 1. The Morgan fingerprint density at radius 3 is 2.95 bits per heavy atom. The van der Waals surface area contributed by atoms with E-state index in [4.69, 9.17) is 16.9 Å². The van der Waals surface area contributed by atoms with Gasteiger partial charge in [0.25, 0.3) is 5.91 Å². The van der Waals surface area contributed by atoms with Gasteiger partial charge in [-0.1, -0.05) is 11.6 Å². The highest BCUT2D eigenvalue weighted by molar-refractivity contribution is 6.34. The standard InChI is InChI=1S/C15H13ClN4O/c1-8-13(10-3-4-10)19-20-14(8)18-15(21)11-6-9(7-17)2-5-12(11)16/h2,5-6,10H,3-4H2,1H3,(H2,18,19,20,21). The summed E-state index contributed by atoms with van der Waals surface area (Å²) in [7, 11) is 0. The molecule has 0 atom stereocenters. The molecule has 1 aromatic carbocycles. The molecule has 5 nitrogen and oxygen atoms in total. The van der Waals surface area contributed by atoms with Crippen LogP contribution in [0.15, 0.2) is 18.2 Å². The minimum atomic E-state index is -0.367. The van der Waals surface area contributed by atoms with Crippen LogP contribution in [0.5, 0.6) is 0 Å². The van der Waals surface area contributed by atoms with Crippen LogP contribution in [0.2, 0.25) is 5.02 Å². The van der Waals surface area contributed by atoms with Crippen LogP contribution in [0.25, 0.3) is 0 Å². The van der Waals surface area contributed by atoms with Crippen molar-refractivity contribution in [1.29, 1.82) is 5.26 Å². The number of amides is 1. The molecule has 1 aromatic heterocycles. The van der Waals surface area contributed by atoms with Crippen LogP contribution in [0.1, 0.15) is 45.9 Å². The number of aromatic nitrogens is 2. The molecule has 2 aromatic rings. The molecule has 3 rings (SSSR count). The first-order valence-electron chi connectivity index (χ1n) is 6.66. The lowest BCUT2D eigenvalue weighted by molar-refractivity contribution is 0.102. The van der Waals surface area contributed by atoms with Gasteiger partial charge in [-0.05, 0) is 38.0 Å². The predicted molar refractivity (Wildman–Crippen MR) is 79.4 cm³/mol.